The highest BCUT2D eigenvalue weighted by atomic mass is 35.5. The summed E-state index contributed by atoms with van der Waals surface area (Å²) in [5.41, 5.74) is 5.75. The number of hydrogen-bond donors (Lipinski definition) is 1. The van der Waals surface area contributed by atoms with Crippen LogP contribution in [0.15, 0.2) is 0 Å². The van der Waals surface area contributed by atoms with Gasteiger partial charge in [-0.05, 0) is 19.3 Å². The highest BCUT2D eigenvalue weighted by Crippen LogP contribution is 2.05. The lowest BCUT2D eigenvalue weighted by atomic mass is 10.0. The topological polar surface area (TPSA) is 52.3 Å². The molecule has 13 heavy (non-hydrogen) atoms. The molecule has 0 aliphatic heterocycles. The van der Waals surface area contributed by atoms with Gasteiger partial charge in [0, 0.05) is 12.5 Å². The van der Waals surface area contributed by atoms with Gasteiger partial charge < -0.3 is 10.5 Å². The monoisotopic (exact) mass is 209 g/mol. The molecular weight excluding hydrogens is 190 g/mol. The van der Waals surface area contributed by atoms with Crippen molar-refractivity contribution in [2.45, 2.75) is 39.7 Å². The maximum absolute atomic E-state index is 10.9. The Hall–Kier alpha value is -0.280. The summed E-state index contributed by atoms with van der Waals surface area (Å²) in [6.45, 7) is 6.36. The van der Waals surface area contributed by atoms with Crippen LogP contribution in [0, 0.1) is 5.92 Å². The fourth-order valence-corrected chi connectivity index (χ4v) is 0.851. The first-order chi connectivity index (χ1) is 5.57. The van der Waals surface area contributed by atoms with Gasteiger partial charge in [-0.3, -0.25) is 4.79 Å². The van der Waals surface area contributed by atoms with Crippen molar-refractivity contribution in [1.29, 1.82) is 0 Å². The Kier molecular flexibility index (Phi) is 9.74. The first kappa shape index (κ1) is 15.2. The molecule has 0 saturated carbocycles. The maximum Gasteiger partial charge on any atom is 0.305 e. The molecule has 0 spiro atoms. The van der Waals surface area contributed by atoms with Gasteiger partial charge in [0.05, 0.1) is 6.61 Å². The predicted molar refractivity (Wildman–Crippen MR) is 55.9 cm³/mol. The van der Waals surface area contributed by atoms with Crippen LogP contribution in [0.1, 0.15) is 33.6 Å². The lowest BCUT2D eigenvalue weighted by molar-refractivity contribution is -0.143. The van der Waals surface area contributed by atoms with Crippen molar-refractivity contribution in [2.75, 3.05) is 6.61 Å². The highest BCUT2D eigenvalue weighted by molar-refractivity contribution is 5.85. The predicted octanol–water partition coefficient (Wildman–Crippen LogP) is 1.73. The summed E-state index contributed by atoms with van der Waals surface area (Å²) >= 11 is 0. The summed E-state index contributed by atoms with van der Waals surface area (Å²) < 4.78 is 4.78. The summed E-state index contributed by atoms with van der Waals surface area (Å²) in [7, 11) is 0. The minimum atomic E-state index is -0.145. The summed E-state index contributed by atoms with van der Waals surface area (Å²) in [6.07, 6.45) is 1.16. The van der Waals surface area contributed by atoms with E-state index in [4.69, 9.17) is 10.5 Å². The number of esters is 1. The zero-order valence-electron chi connectivity index (χ0n) is 8.58. The summed E-state index contributed by atoms with van der Waals surface area (Å²) in [6, 6.07) is 0.106. The van der Waals surface area contributed by atoms with Crippen LogP contribution in [0.25, 0.3) is 0 Å². The lowest BCUT2D eigenvalue weighted by Crippen LogP contribution is -2.27. The second-order valence-electron chi connectivity index (χ2n) is 3.25. The van der Waals surface area contributed by atoms with Crippen LogP contribution in [0.4, 0.5) is 0 Å². The molecule has 80 valence electrons. The molecule has 1 atom stereocenters. The van der Waals surface area contributed by atoms with Gasteiger partial charge in [-0.1, -0.05) is 13.8 Å². The van der Waals surface area contributed by atoms with E-state index in [0.717, 1.165) is 6.42 Å². The molecule has 0 unspecified atom stereocenters. The molecule has 0 radical (unpaired) electrons. The lowest BCUT2D eigenvalue weighted by Gasteiger charge is -2.14. The van der Waals surface area contributed by atoms with Gasteiger partial charge in [-0.15, -0.1) is 12.4 Å². The summed E-state index contributed by atoms with van der Waals surface area (Å²) in [5.74, 6) is 0.285. The zero-order chi connectivity index (χ0) is 9.56. The summed E-state index contributed by atoms with van der Waals surface area (Å²) in [5, 5.41) is 0. The zero-order valence-corrected chi connectivity index (χ0v) is 9.39. The van der Waals surface area contributed by atoms with E-state index in [2.05, 4.69) is 13.8 Å². The molecule has 4 heteroatoms. The van der Waals surface area contributed by atoms with Crippen molar-refractivity contribution < 1.29 is 9.53 Å². The van der Waals surface area contributed by atoms with Crippen LogP contribution < -0.4 is 5.73 Å². The van der Waals surface area contributed by atoms with E-state index in [1.54, 1.807) is 6.92 Å². The van der Waals surface area contributed by atoms with Crippen molar-refractivity contribution >= 4 is 18.4 Å². The molecule has 0 aromatic heterocycles. The summed E-state index contributed by atoms with van der Waals surface area (Å²) in [4.78, 5) is 10.9. The second kappa shape index (κ2) is 8.32. The Labute approximate surface area is 86.4 Å². The molecule has 0 aromatic rings. The van der Waals surface area contributed by atoms with Gasteiger partial charge >= 0.3 is 5.97 Å². The number of nitrogens with two attached hydrogens (primary N) is 1. The molecule has 0 saturated heterocycles. The Morgan fingerprint density at radius 3 is 2.38 bits per heavy atom. The molecule has 0 bridgehead atoms. The van der Waals surface area contributed by atoms with Crippen molar-refractivity contribution in [3.8, 4) is 0 Å². The Balaban J connectivity index is 0. The molecule has 0 aliphatic carbocycles. The number of ether oxygens (including phenoxy) is 1. The Morgan fingerprint density at radius 1 is 1.46 bits per heavy atom. The van der Waals surface area contributed by atoms with Crippen LogP contribution in [0.5, 0.6) is 0 Å². The number of halogens is 1. The first-order valence-electron chi connectivity index (χ1n) is 4.49. The van der Waals surface area contributed by atoms with Gasteiger partial charge in [0.2, 0.25) is 0 Å². The molecule has 3 nitrogen and oxygen atoms in total. The van der Waals surface area contributed by atoms with E-state index in [1.807, 2.05) is 0 Å². The number of carbonyl (C=O) groups excluding carboxylic acids is 1. The van der Waals surface area contributed by atoms with E-state index in [9.17, 15) is 4.79 Å². The molecule has 0 fully saturated rings. The van der Waals surface area contributed by atoms with Crippen molar-refractivity contribution in [3.05, 3.63) is 0 Å². The van der Waals surface area contributed by atoms with Gasteiger partial charge in [0.25, 0.3) is 0 Å². The standard InChI is InChI=1S/C9H19NO2.ClH/c1-4-12-9(11)6-5-8(10)7(2)3;/h7-8H,4-6,10H2,1-3H3;1H/t8-;/m1./s1. The van der Waals surface area contributed by atoms with Crippen LogP contribution in [-0.2, 0) is 9.53 Å². The Morgan fingerprint density at radius 2 is 2.00 bits per heavy atom. The fraction of sp³-hybridized carbons (Fsp3) is 0.889. The average molecular weight is 210 g/mol. The molecule has 0 aliphatic rings. The van der Waals surface area contributed by atoms with E-state index in [0.29, 0.717) is 18.9 Å². The Bertz CT molecular complexity index is 140. The average Bonchev–Trinajstić information content (AvgIpc) is 2.00. The normalized spacial score (nSPS) is 12.1. The third kappa shape index (κ3) is 8.06. The molecule has 0 rings (SSSR count). The van der Waals surface area contributed by atoms with Gasteiger partial charge in [0.1, 0.15) is 0 Å². The van der Waals surface area contributed by atoms with Crippen molar-refractivity contribution in [1.82, 2.24) is 0 Å². The highest BCUT2D eigenvalue weighted by Gasteiger charge is 2.10. The number of hydrogen-bond acceptors (Lipinski definition) is 3. The van der Waals surface area contributed by atoms with E-state index in [-0.39, 0.29) is 24.4 Å². The van der Waals surface area contributed by atoms with Crippen LogP contribution in [0.2, 0.25) is 0 Å². The number of carbonyl (C=O) groups is 1. The first-order valence-corrected chi connectivity index (χ1v) is 4.49. The number of rotatable bonds is 5. The minimum Gasteiger partial charge on any atom is -0.466 e. The molecule has 0 aromatic carbocycles. The van der Waals surface area contributed by atoms with Crippen LogP contribution >= 0.6 is 12.4 Å². The minimum absolute atomic E-state index is 0. The van der Waals surface area contributed by atoms with E-state index < -0.39 is 0 Å². The van der Waals surface area contributed by atoms with Crippen molar-refractivity contribution in [3.63, 3.8) is 0 Å². The van der Waals surface area contributed by atoms with Gasteiger partial charge in [-0.2, -0.15) is 0 Å². The molecular formula is C9H20ClNO2. The van der Waals surface area contributed by atoms with Crippen LogP contribution in [0.3, 0.4) is 0 Å². The molecule has 0 heterocycles. The third-order valence-electron chi connectivity index (χ3n) is 1.84. The third-order valence-corrected chi connectivity index (χ3v) is 1.84. The van der Waals surface area contributed by atoms with E-state index >= 15 is 0 Å². The van der Waals surface area contributed by atoms with Gasteiger partial charge in [0.15, 0.2) is 0 Å². The quantitative estimate of drug-likeness (QED) is 0.702. The smallest absolute Gasteiger partial charge is 0.305 e. The van der Waals surface area contributed by atoms with E-state index in [1.165, 1.54) is 0 Å². The maximum atomic E-state index is 10.9. The van der Waals surface area contributed by atoms with Crippen molar-refractivity contribution in [2.24, 2.45) is 11.7 Å². The largest absolute Gasteiger partial charge is 0.466 e. The molecule has 2 N–H and O–H groups in total. The van der Waals surface area contributed by atoms with Crippen LogP contribution in [-0.4, -0.2) is 18.6 Å². The van der Waals surface area contributed by atoms with Gasteiger partial charge in [-0.25, -0.2) is 0 Å². The second-order valence-corrected chi connectivity index (χ2v) is 3.25. The SMILES string of the molecule is CCOC(=O)CC[C@@H](N)C(C)C.Cl. The molecule has 0 amide bonds. The fourth-order valence-electron chi connectivity index (χ4n) is 0.851.